The number of benzene rings is 1. The maximum atomic E-state index is 5.91. The Bertz CT molecular complexity index is 343. The predicted octanol–water partition coefficient (Wildman–Crippen LogP) is 4.38. The second-order valence-corrected chi connectivity index (χ2v) is 6.96. The smallest absolute Gasteiger partial charge is 0.123 e. The van der Waals surface area contributed by atoms with Crippen LogP contribution in [0.3, 0.4) is 0 Å². The highest BCUT2D eigenvalue weighted by Crippen LogP contribution is 2.53. The minimum absolute atomic E-state index is 0.340. The van der Waals surface area contributed by atoms with Crippen molar-refractivity contribution in [3.05, 3.63) is 30.3 Å². The zero-order chi connectivity index (χ0) is 12.1. The molecule has 0 heterocycles. The normalized spacial score (nSPS) is 21.4. The van der Waals surface area contributed by atoms with Crippen LogP contribution >= 0.6 is 35.0 Å². The minimum Gasteiger partial charge on any atom is -0.381 e. The van der Waals surface area contributed by atoms with Crippen molar-refractivity contribution in [2.24, 2.45) is 5.92 Å². The summed E-state index contributed by atoms with van der Waals surface area (Å²) in [5.41, 5.74) is 0. The van der Waals surface area contributed by atoms with Crippen molar-refractivity contribution in [3.8, 4) is 0 Å². The molecule has 1 aromatic rings. The standard InChI is InChI=1S/C13H16Cl2OS/c14-13(15)9-11(13)10-16-7-4-8-17-12-5-2-1-3-6-12/h1-3,5-6,11H,4,7-10H2. The van der Waals surface area contributed by atoms with Crippen LogP contribution in [0.4, 0.5) is 0 Å². The molecule has 0 N–H and O–H groups in total. The molecule has 1 aliphatic rings. The van der Waals surface area contributed by atoms with Crippen LogP contribution in [0, 0.1) is 5.92 Å². The molecule has 1 aliphatic carbocycles. The third-order valence-electron chi connectivity index (χ3n) is 2.72. The zero-order valence-electron chi connectivity index (χ0n) is 9.57. The molecule has 2 rings (SSSR count). The van der Waals surface area contributed by atoms with Gasteiger partial charge in [-0.25, -0.2) is 0 Å². The first-order valence-electron chi connectivity index (χ1n) is 5.82. The molecule has 94 valence electrons. The van der Waals surface area contributed by atoms with E-state index in [1.807, 2.05) is 17.8 Å². The highest BCUT2D eigenvalue weighted by Gasteiger charge is 2.51. The zero-order valence-corrected chi connectivity index (χ0v) is 11.9. The van der Waals surface area contributed by atoms with Crippen molar-refractivity contribution < 1.29 is 4.74 Å². The van der Waals surface area contributed by atoms with Gasteiger partial charge in [0.25, 0.3) is 0 Å². The van der Waals surface area contributed by atoms with Crippen LogP contribution < -0.4 is 0 Å². The highest BCUT2D eigenvalue weighted by atomic mass is 35.5. The van der Waals surface area contributed by atoms with Crippen molar-refractivity contribution >= 4 is 35.0 Å². The van der Waals surface area contributed by atoms with Crippen molar-refractivity contribution in [3.63, 3.8) is 0 Å². The van der Waals surface area contributed by atoms with Gasteiger partial charge in [0.2, 0.25) is 0 Å². The molecule has 1 fully saturated rings. The average molecular weight is 291 g/mol. The molecule has 1 saturated carbocycles. The fourth-order valence-corrected chi connectivity index (χ4v) is 2.89. The van der Waals surface area contributed by atoms with E-state index in [9.17, 15) is 0 Å². The Balaban J connectivity index is 1.47. The van der Waals surface area contributed by atoms with E-state index in [1.165, 1.54) is 4.90 Å². The topological polar surface area (TPSA) is 9.23 Å². The van der Waals surface area contributed by atoms with Gasteiger partial charge in [-0.05, 0) is 25.0 Å². The largest absolute Gasteiger partial charge is 0.381 e. The maximum Gasteiger partial charge on any atom is 0.123 e. The van der Waals surface area contributed by atoms with Crippen LogP contribution in [-0.4, -0.2) is 23.3 Å². The number of ether oxygens (including phenoxy) is 1. The van der Waals surface area contributed by atoms with Crippen molar-refractivity contribution in [2.45, 2.75) is 22.1 Å². The second-order valence-electron chi connectivity index (χ2n) is 4.25. The molecule has 0 spiro atoms. The number of hydrogen-bond donors (Lipinski definition) is 0. The van der Waals surface area contributed by atoms with E-state index in [1.54, 1.807) is 0 Å². The molecule has 17 heavy (non-hydrogen) atoms. The third kappa shape index (κ3) is 4.70. The number of alkyl halides is 2. The summed E-state index contributed by atoms with van der Waals surface area (Å²) in [6.07, 6.45) is 1.93. The Labute approximate surface area is 117 Å². The van der Waals surface area contributed by atoms with Crippen LogP contribution in [0.15, 0.2) is 35.2 Å². The van der Waals surface area contributed by atoms with Gasteiger partial charge in [-0.15, -0.1) is 35.0 Å². The fraction of sp³-hybridized carbons (Fsp3) is 0.538. The lowest BCUT2D eigenvalue weighted by molar-refractivity contribution is 0.125. The van der Waals surface area contributed by atoms with E-state index < -0.39 is 4.33 Å². The van der Waals surface area contributed by atoms with Gasteiger partial charge in [0.15, 0.2) is 0 Å². The molecule has 0 aromatic heterocycles. The lowest BCUT2D eigenvalue weighted by Gasteiger charge is -2.04. The molecule has 1 unspecified atom stereocenters. The first-order valence-corrected chi connectivity index (χ1v) is 7.56. The van der Waals surface area contributed by atoms with E-state index in [0.717, 1.165) is 25.2 Å². The summed E-state index contributed by atoms with van der Waals surface area (Å²) in [6.45, 7) is 1.49. The summed E-state index contributed by atoms with van der Waals surface area (Å²) in [4.78, 5) is 1.32. The van der Waals surface area contributed by atoms with E-state index in [-0.39, 0.29) is 0 Å². The lowest BCUT2D eigenvalue weighted by atomic mass is 10.4. The van der Waals surface area contributed by atoms with Gasteiger partial charge in [0.05, 0.1) is 6.61 Å². The Morgan fingerprint density at radius 3 is 2.65 bits per heavy atom. The molecule has 0 bridgehead atoms. The van der Waals surface area contributed by atoms with Crippen molar-refractivity contribution in [2.75, 3.05) is 19.0 Å². The Morgan fingerprint density at radius 2 is 2.00 bits per heavy atom. The predicted molar refractivity (Wildman–Crippen MR) is 75.1 cm³/mol. The van der Waals surface area contributed by atoms with E-state index in [0.29, 0.717) is 12.5 Å². The first kappa shape index (κ1) is 13.5. The Hall–Kier alpha value is 0.110. The van der Waals surface area contributed by atoms with Crippen LogP contribution in [-0.2, 0) is 4.74 Å². The van der Waals surface area contributed by atoms with Gasteiger partial charge in [0, 0.05) is 23.2 Å². The summed E-state index contributed by atoms with van der Waals surface area (Å²) < 4.78 is 5.05. The van der Waals surface area contributed by atoms with Crippen molar-refractivity contribution in [1.82, 2.24) is 0 Å². The summed E-state index contributed by atoms with van der Waals surface area (Å²) in [5.74, 6) is 1.43. The molecular formula is C13H16Cl2OS. The maximum absolute atomic E-state index is 5.91. The SMILES string of the molecule is ClC1(Cl)CC1COCCCSc1ccccc1. The Morgan fingerprint density at radius 1 is 1.29 bits per heavy atom. The van der Waals surface area contributed by atoms with Gasteiger partial charge in [-0.2, -0.15) is 0 Å². The van der Waals surface area contributed by atoms with Crippen molar-refractivity contribution in [1.29, 1.82) is 0 Å². The van der Waals surface area contributed by atoms with Gasteiger partial charge in [-0.1, -0.05) is 18.2 Å². The monoisotopic (exact) mass is 290 g/mol. The van der Waals surface area contributed by atoms with E-state index >= 15 is 0 Å². The molecule has 1 aromatic carbocycles. The van der Waals surface area contributed by atoms with Gasteiger partial charge >= 0.3 is 0 Å². The van der Waals surface area contributed by atoms with Gasteiger partial charge in [0.1, 0.15) is 4.33 Å². The molecule has 4 heteroatoms. The van der Waals surface area contributed by atoms with Crippen LogP contribution in [0.1, 0.15) is 12.8 Å². The third-order valence-corrected chi connectivity index (χ3v) is 4.74. The van der Waals surface area contributed by atoms with Gasteiger partial charge < -0.3 is 4.74 Å². The average Bonchev–Trinajstić information content (AvgIpc) is 2.93. The molecule has 0 radical (unpaired) electrons. The van der Waals surface area contributed by atoms with Gasteiger partial charge in [-0.3, -0.25) is 0 Å². The fourth-order valence-electron chi connectivity index (χ4n) is 1.54. The van der Waals surface area contributed by atoms with Crippen LogP contribution in [0.25, 0.3) is 0 Å². The molecule has 0 amide bonds. The molecule has 1 atom stereocenters. The number of hydrogen-bond acceptors (Lipinski definition) is 2. The van der Waals surface area contributed by atoms with E-state index in [4.69, 9.17) is 27.9 Å². The first-order chi connectivity index (χ1) is 8.18. The number of thioether (sulfide) groups is 1. The lowest BCUT2D eigenvalue weighted by Crippen LogP contribution is -2.03. The summed E-state index contributed by atoms with van der Waals surface area (Å²) in [7, 11) is 0. The number of halogens is 2. The molecule has 1 nitrogen and oxygen atoms in total. The summed E-state index contributed by atoms with van der Waals surface area (Å²) in [6, 6.07) is 10.4. The van der Waals surface area contributed by atoms with Crippen LogP contribution in [0.2, 0.25) is 0 Å². The highest BCUT2D eigenvalue weighted by molar-refractivity contribution is 7.99. The molecular weight excluding hydrogens is 275 g/mol. The summed E-state index contributed by atoms with van der Waals surface area (Å²) in [5, 5.41) is 0. The number of rotatable bonds is 7. The van der Waals surface area contributed by atoms with E-state index in [2.05, 4.69) is 24.3 Å². The molecule has 0 aliphatic heterocycles. The molecule has 0 saturated heterocycles. The summed E-state index contributed by atoms with van der Waals surface area (Å²) >= 11 is 13.7. The second kappa shape index (κ2) is 6.33. The minimum atomic E-state index is -0.501. The van der Waals surface area contributed by atoms with Crippen LogP contribution in [0.5, 0.6) is 0 Å². The Kier molecular flexibility index (Phi) is 5.04. The quantitative estimate of drug-likeness (QED) is 0.419.